The number of aromatic nitrogens is 2. The summed E-state index contributed by atoms with van der Waals surface area (Å²) in [5.41, 5.74) is 6.53. The Bertz CT molecular complexity index is 1750. The van der Waals surface area contributed by atoms with E-state index in [2.05, 4.69) is 42.4 Å². The molecule has 0 aliphatic heterocycles. The summed E-state index contributed by atoms with van der Waals surface area (Å²) in [6, 6.07) is 25.2. The standard InChI is InChI=1S/C29H19Br2ClN4O2/c1-17-2-4-18(5-3-17)16-33-35-28(37)20-8-12-23(13-9-20)36-27(19-6-10-22(32)11-7-19)34-26-24(29(36)38)14-21(30)15-25(26)31/h2-16H,1H3,(H,35,37). The molecule has 0 saturated heterocycles. The third-order valence-electron chi connectivity index (χ3n) is 5.84. The predicted molar refractivity (Wildman–Crippen MR) is 159 cm³/mol. The lowest BCUT2D eigenvalue weighted by Crippen LogP contribution is -2.22. The maximum Gasteiger partial charge on any atom is 0.271 e. The van der Waals surface area contributed by atoms with Gasteiger partial charge in [-0.3, -0.25) is 14.2 Å². The number of hydrogen-bond donors (Lipinski definition) is 1. The van der Waals surface area contributed by atoms with Gasteiger partial charge in [0.15, 0.2) is 0 Å². The maximum absolute atomic E-state index is 13.8. The van der Waals surface area contributed by atoms with E-state index in [-0.39, 0.29) is 11.5 Å². The van der Waals surface area contributed by atoms with Crippen molar-refractivity contribution in [2.75, 3.05) is 0 Å². The van der Waals surface area contributed by atoms with Gasteiger partial charge in [-0.25, -0.2) is 10.4 Å². The number of carbonyl (C=O) groups excluding carboxylic acids is 1. The summed E-state index contributed by atoms with van der Waals surface area (Å²) in [6.07, 6.45) is 1.58. The van der Waals surface area contributed by atoms with Gasteiger partial charge in [0.25, 0.3) is 11.5 Å². The minimum absolute atomic E-state index is 0.248. The van der Waals surface area contributed by atoms with Crippen molar-refractivity contribution in [3.8, 4) is 17.1 Å². The Kier molecular flexibility index (Phi) is 7.56. The van der Waals surface area contributed by atoms with Crippen molar-refractivity contribution in [3.05, 3.63) is 126 Å². The van der Waals surface area contributed by atoms with Crippen LogP contribution < -0.4 is 11.0 Å². The molecule has 0 atom stereocenters. The van der Waals surface area contributed by atoms with Gasteiger partial charge in [0.2, 0.25) is 0 Å². The first-order chi connectivity index (χ1) is 18.3. The highest BCUT2D eigenvalue weighted by atomic mass is 79.9. The summed E-state index contributed by atoms with van der Waals surface area (Å²) in [4.78, 5) is 31.3. The highest BCUT2D eigenvalue weighted by Gasteiger charge is 2.17. The molecule has 1 heterocycles. The van der Waals surface area contributed by atoms with Crippen LogP contribution in [-0.4, -0.2) is 21.7 Å². The van der Waals surface area contributed by atoms with E-state index in [0.717, 1.165) is 21.2 Å². The minimum Gasteiger partial charge on any atom is -0.268 e. The van der Waals surface area contributed by atoms with Crippen molar-refractivity contribution in [2.45, 2.75) is 6.92 Å². The third kappa shape index (κ3) is 5.48. The number of aryl methyl sites for hydroxylation is 1. The lowest BCUT2D eigenvalue weighted by Gasteiger charge is -2.15. The number of carbonyl (C=O) groups is 1. The van der Waals surface area contributed by atoms with Crippen LogP contribution in [0.25, 0.3) is 28.0 Å². The van der Waals surface area contributed by atoms with Crippen LogP contribution >= 0.6 is 43.5 Å². The number of fused-ring (bicyclic) bond motifs is 1. The zero-order chi connectivity index (χ0) is 26.8. The molecule has 0 fully saturated rings. The Morgan fingerprint density at radius 2 is 1.66 bits per heavy atom. The van der Waals surface area contributed by atoms with Crippen molar-refractivity contribution < 1.29 is 4.79 Å². The van der Waals surface area contributed by atoms with Crippen LogP contribution in [0.1, 0.15) is 21.5 Å². The molecule has 0 saturated carbocycles. The number of hydrazone groups is 1. The molecule has 38 heavy (non-hydrogen) atoms. The average molecular weight is 651 g/mol. The Hall–Kier alpha value is -3.59. The van der Waals surface area contributed by atoms with Crippen LogP contribution in [0.2, 0.25) is 5.02 Å². The Morgan fingerprint density at radius 3 is 2.34 bits per heavy atom. The molecule has 0 bridgehead atoms. The molecule has 4 aromatic carbocycles. The van der Waals surface area contributed by atoms with Gasteiger partial charge < -0.3 is 0 Å². The van der Waals surface area contributed by atoms with Crippen LogP contribution in [0, 0.1) is 6.92 Å². The summed E-state index contributed by atoms with van der Waals surface area (Å²) in [6.45, 7) is 2.00. The van der Waals surface area contributed by atoms with Gasteiger partial charge in [-0.15, -0.1) is 0 Å². The van der Waals surface area contributed by atoms with E-state index in [1.807, 2.05) is 49.4 Å². The molecule has 0 aliphatic carbocycles. The highest BCUT2D eigenvalue weighted by molar-refractivity contribution is 9.11. The van der Waals surface area contributed by atoms with E-state index in [1.165, 1.54) is 4.57 Å². The fourth-order valence-corrected chi connectivity index (χ4v) is 5.33. The second kappa shape index (κ2) is 11.0. The Labute approximate surface area is 240 Å². The zero-order valence-corrected chi connectivity index (χ0v) is 23.9. The van der Waals surface area contributed by atoms with E-state index in [0.29, 0.717) is 37.5 Å². The zero-order valence-electron chi connectivity index (χ0n) is 20.0. The largest absolute Gasteiger partial charge is 0.271 e. The number of nitrogens with zero attached hydrogens (tertiary/aromatic N) is 3. The van der Waals surface area contributed by atoms with Gasteiger partial charge in [-0.2, -0.15) is 5.10 Å². The molecule has 5 rings (SSSR count). The maximum atomic E-state index is 13.8. The van der Waals surface area contributed by atoms with Crippen LogP contribution in [0.3, 0.4) is 0 Å². The Morgan fingerprint density at radius 1 is 0.974 bits per heavy atom. The van der Waals surface area contributed by atoms with Gasteiger partial charge in [-0.1, -0.05) is 57.4 Å². The summed E-state index contributed by atoms with van der Waals surface area (Å²) >= 11 is 13.1. The summed E-state index contributed by atoms with van der Waals surface area (Å²) < 4.78 is 2.97. The molecule has 9 heteroatoms. The van der Waals surface area contributed by atoms with Crippen molar-refractivity contribution in [3.63, 3.8) is 0 Å². The second-order valence-electron chi connectivity index (χ2n) is 8.52. The Balaban J connectivity index is 1.52. The summed E-state index contributed by atoms with van der Waals surface area (Å²) in [7, 11) is 0. The number of nitrogens with one attached hydrogen (secondary N) is 1. The molecule has 5 aromatic rings. The quantitative estimate of drug-likeness (QED) is 0.160. The van der Waals surface area contributed by atoms with E-state index in [4.69, 9.17) is 16.6 Å². The van der Waals surface area contributed by atoms with Crippen molar-refractivity contribution in [1.29, 1.82) is 0 Å². The number of rotatable bonds is 5. The lowest BCUT2D eigenvalue weighted by molar-refractivity contribution is 0.0955. The first-order valence-corrected chi connectivity index (χ1v) is 13.4. The number of halogens is 3. The van der Waals surface area contributed by atoms with E-state index in [9.17, 15) is 9.59 Å². The average Bonchev–Trinajstić information content (AvgIpc) is 2.91. The van der Waals surface area contributed by atoms with Crippen LogP contribution in [0.15, 0.2) is 104 Å². The number of benzene rings is 4. The predicted octanol–water partition coefficient (Wildman–Crippen LogP) is 7.30. The van der Waals surface area contributed by atoms with Crippen molar-refractivity contribution in [1.82, 2.24) is 15.0 Å². The molecule has 0 unspecified atom stereocenters. The topological polar surface area (TPSA) is 76.3 Å². The van der Waals surface area contributed by atoms with Gasteiger partial charge in [0.05, 0.1) is 22.8 Å². The van der Waals surface area contributed by atoms with Gasteiger partial charge in [0, 0.05) is 25.1 Å². The highest BCUT2D eigenvalue weighted by Crippen LogP contribution is 2.29. The fourth-order valence-electron chi connectivity index (χ4n) is 3.89. The molecule has 1 N–H and O–H groups in total. The van der Waals surface area contributed by atoms with Gasteiger partial charge in [0.1, 0.15) is 5.82 Å². The first-order valence-electron chi connectivity index (χ1n) is 11.5. The molecule has 0 spiro atoms. The fraction of sp³-hybridized carbons (Fsp3) is 0.0345. The van der Waals surface area contributed by atoms with Crippen molar-refractivity contribution in [2.24, 2.45) is 5.10 Å². The van der Waals surface area contributed by atoms with Crippen molar-refractivity contribution >= 4 is 66.5 Å². The number of hydrogen-bond acceptors (Lipinski definition) is 4. The smallest absolute Gasteiger partial charge is 0.268 e. The van der Waals surface area contributed by atoms with Gasteiger partial charge in [-0.05, 0) is 89.1 Å². The summed E-state index contributed by atoms with van der Waals surface area (Å²) in [5, 5.41) is 5.06. The van der Waals surface area contributed by atoms with Crippen LogP contribution in [0.5, 0.6) is 0 Å². The molecule has 0 aliphatic rings. The second-order valence-corrected chi connectivity index (χ2v) is 10.7. The number of amides is 1. The molecule has 1 aromatic heterocycles. The molecular formula is C29H19Br2ClN4O2. The first kappa shape index (κ1) is 26.0. The molecule has 6 nitrogen and oxygen atoms in total. The molecule has 1 amide bonds. The third-order valence-corrected chi connectivity index (χ3v) is 7.15. The monoisotopic (exact) mass is 648 g/mol. The van der Waals surface area contributed by atoms with E-state index >= 15 is 0 Å². The van der Waals surface area contributed by atoms with E-state index in [1.54, 1.807) is 48.7 Å². The van der Waals surface area contributed by atoms with Crippen LogP contribution in [0.4, 0.5) is 0 Å². The lowest BCUT2D eigenvalue weighted by atomic mass is 10.1. The minimum atomic E-state index is -0.366. The normalized spacial score (nSPS) is 11.3. The van der Waals surface area contributed by atoms with Crippen LogP contribution in [-0.2, 0) is 0 Å². The molecule has 188 valence electrons. The SMILES string of the molecule is Cc1ccc(C=NNC(=O)c2ccc(-n3c(-c4ccc(Cl)cc4)nc4c(Br)cc(Br)cc4c3=O)cc2)cc1. The van der Waals surface area contributed by atoms with E-state index < -0.39 is 0 Å². The molecular weight excluding hydrogens is 632 g/mol. The van der Waals surface area contributed by atoms with Gasteiger partial charge >= 0.3 is 0 Å². The molecule has 0 radical (unpaired) electrons. The summed E-state index contributed by atoms with van der Waals surface area (Å²) in [5.74, 6) is 0.0803.